The van der Waals surface area contributed by atoms with Gasteiger partial charge >= 0.3 is 0 Å². The van der Waals surface area contributed by atoms with E-state index < -0.39 is 18.1 Å². The molecule has 58 heavy (non-hydrogen) atoms. The maximum Gasteiger partial charge on any atom is 0.145 e. The monoisotopic (exact) mass is 744 g/mol. The lowest BCUT2D eigenvalue weighted by Gasteiger charge is -2.27. The van der Waals surface area contributed by atoms with Gasteiger partial charge in [0, 0.05) is 22.3 Å². The zero-order valence-electron chi connectivity index (χ0n) is 36.3. The summed E-state index contributed by atoms with van der Waals surface area (Å²) in [4.78, 5) is 2.20. The molecule has 0 saturated heterocycles. The fourth-order valence-corrected chi connectivity index (χ4v) is 8.40. The number of fused-ring (bicyclic) bond motifs is 5. The van der Waals surface area contributed by atoms with Crippen LogP contribution in [-0.4, -0.2) is 0 Å². The summed E-state index contributed by atoms with van der Waals surface area (Å²) in [5.41, 5.74) is 11.0. The summed E-state index contributed by atoms with van der Waals surface area (Å²) in [7, 11) is 0. The molecule has 0 spiro atoms. The Balaban J connectivity index is 1.07. The van der Waals surface area contributed by atoms with E-state index in [1.807, 2.05) is 36.4 Å². The molecule has 0 bridgehead atoms. The van der Waals surface area contributed by atoms with Crippen LogP contribution in [0.25, 0.3) is 88.0 Å². The summed E-state index contributed by atoms with van der Waals surface area (Å²) in [6.07, 6.45) is 0. The van der Waals surface area contributed by atoms with Gasteiger partial charge in [-0.2, -0.15) is 0 Å². The number of hydrogen-bond acceptors (Lipinski definition) is 2. The van der Waals surface area contributed by atoms with Gasteiger partial charge in [-0.25, -0.2) is 0 Å². The fourth-order valence-electron chi connectivity index (χ4n) is 8.40. The molecule has 2 nitrogen and oxygen atoms in total. The standard InChI is InChI=1S/C56H37NO/c1-2-12-42(13-3-1)51-36-37-53(55-52-20-8-9-23-54(52)58-56(51)55)57(46-34-30-44(31-35-46)50-22-11-17-41-15-5-7-19-48(41)50)45-32-28-39(29-33-45)38-24-26-43(27-25-38)49-21-10-16-40-14-4-6-18-47(40)49/h1-37H/i1D,2D,3D,12D,13D. The number of rotatable bonds is 7. The molecule has 0 aliphatic carbocycles. The quantitative estimate of drug-likeness (QED) is 0.162. The summed E-state index contributed by atoms with van der Waals surface area (Å²) < 4.78 is 49.6. The zero-order chi connectivity index (χ0) is 42.8. The number of anilines is 3. The molecule has 272 valence electrons. The number of para-hydroxylation sites is 1. The molecule has 0 radical (unpaired) electrons. The second-order valence-electron chi connectivity index (χ2n) is 14.5. The van der Waals surface area contributed by atoms with E-state index in [2.05, 4.69) is 163 Å². The van der Waals surface area contributed by atoms with Crippen LogP contribution in [0.1, 0.15) is 6.85 Å². The molecular formula is C56H37NO. The van der Waals surface area contributed by atoms with Crippen molar-refractivity contribution in [3.05, 3.63) is 224 Å². The Hall–Kier alpha value is -7.68. The van der Waals surface area contributed by atoms with E-state index >= 15 is 0 Å². The van der Waals surface area contributed by atoms with Crippen molar-refractivity contribution in [3.63, 3.8) is 0 Å². The Bertz CT molecular complexity index is 3520. The molecule has 0 amide bonds. The van der Waals surface area contributed by atoms with E-state index in [9.17, 15) is 0 Å². The van der Waals surface area contributed by atoms with Gasteiger partial charge in [-0.1, -0.05) is 182 Å². The minimum absolute atomic E-state index is 0.0958. The average Bonchev–Trinajstić information content (AvgIpc) is 3.74. The van der Waals surface area contributed by atoms with E-state index in [0.29, 0.717) is 16.7 Å². The average molecular weight is 745 g/mol. The number of hydrogen-bond donors (Lipinski definition) is 0. The normalized spacial score (nSPS) is 12.7. The van der Waals surface area contributed by atoms with Crippen molar-refractivity contribution >= 4 is 60.5 Å². The van der Waals surface area contributed by atoms with Gasteiger partial charge in [-0.05, 0) is 103 Å². The van der Waals surface area contributed by atoms with E-state index in [1.165, 1.54) is 27.1 Å². The smallest absolute Gasteiger partial charge is 0.145 e. The molecule has 0 atom stereocenters. The first-order chi connectivity index (χ1) is 30.8. The molecule has 0 N–H and O–H groups in total. The summed E-state index contributed by atoms with van der Waals surface area (Å²) in [6.45, 7) is 0. The van der Waals surface area contributed by atoms with E-state index in [0.717, 1.165) is 55.7 Å². The van der Waals surface area contributed by atoms with Crippen LogP contribution < -0.4 is 4.90 Å². The predicted molar refractivity (Wildman–Crippen MR) is 245 cm³/mol. The van der Waals surface area contributed by atoms with Crippen LogP contribution in [0.5, 0.6) is 0 Å². The van der Waals surface area contributed by atoms with Gasteiger partial charge in [0.05, 0.1) is 17.9 Å². The summed E-state index contributed by atoms with van der Waals surface area (Å²) >= 11 is 0. The number of benzene rings is 10. The predicted octanol–water partition coefficient (Wildman–Crippen LogP) is 16.0. The molecule has 0 saturated carbocycles. The van der Waals surface area contributed by atoms with Crippen molar-refractivity contribution in [2.75, 3.05) is 4.90 Å². The molecule has 0 aliphatic heterocycles. The van der Waals surface area contributed by atoms with Gasteiger partial charge in [0.25, 0.3) is 0 Å². The molecule has 10 aromatic carbocycles. The highest BCUT2D eigenvalue weighted by molar-refractivity contribution is 6.17. The second-order valence-corrected chi connectivity index (χ2v) is 14.5. The Kier molecular flexibility index (Phi) is 6.98. The lowest BCUT2D eigenvalue weighted by molar-refractivity contribution is 0.670. The van der Waals surface area contributed by atoms with E-state index in [-0.39, 0.29) is 17.6 Å². The highest BCUT2D eigenvalue weighted by atomic mass is 16.3. The van der Waals surface area contributed by atoms with Crippen molar-refractivity contribution in [3.8, 4) is 44.5 Å². The molecule has 1 heterocycles. The van der Waals surface area contributed by atoms with Crippen LogP contribution in [0, 0.1) is 0 Å². The maximum absolute atomic E-state index is 8.89. The first-order valence-electron chi connectivity index (χ1n) is 21.9. The molecule has 0 fully saturated rings. The van der Waals surface area contributed by atoms with Crippen LogP contribution >= 0.6 is 0 Å². The van der Waals surface area contributed by atoms with E-state index in [1.54, 1.807) is 0 Å². The largest absolute Gasteiger partial charge is 0.455 e. The fraction of sp³-hybridized carbons (Fsp3) is 0. The first-order valence-corrected chi connectivity index (χ1v) is 19.4. The Labute approximate surface area is 344 Å². The summed E-state index contributed by atoms with van der Waals surface area (Å²) in [5.74, 6) is 0. The van der Waals surface area contributed by atoms with Gasteiger partial charge in [0.2, 0.25) is 0 Å². The van der Waals surface area contributed by atoms with Crippen molar-refractivity contribution < 1.29 is 11.3 Å². The van der Waals surface area contributed by atoms with Crippen LogP contribution in [0.2, 0.25) is 0 Å². The zero-order valence-corrected chi connectivity index (χ0v) is 31.3. The molecule has 0 aliphatic rings. The van der Waals surface area contributed by atoms with Gasteiger partial charge in [0.15, 0.2) is 0 Å². The third-order valence-electron chi connectivity index (χ3n) is 11.2. The third kappa shape index (κ3) is 5.82. The van der Waals surface area contributed by atoms with Gasteiger partial charge in [0.1, 0.15) is 11.2 Å². The van der Waals surface area contributed by atoms with Gasteiger partial charge in [-0.3, -0.25) is 0 Å². The second kappa shape index (κ2) is 14.1. The maximum atomic E-state index is 8.89. The van der Waals surface area contributed by atoms with Gasteiger partial charge in [-0.15, -0.1) is 0 Å². The SMILES string of the molecule is [2H]c1c([2H])c([2H])c(-c2ccc(N(c3ccc(-c4ccc(-c5cccc6ccccc56)cc4)cc3)c3ccc(-c4cccc5ccccc45)cc3)c3c2oc2ccccc23)c([2H])c1[2H]. The molecule has 2 heteroatoms. The molecular weight excluding hydrogens is 703 g/mol. The Morgan fingerprint density at radius 2 is 0.845 bits per heavy atom. The third-order valence-corrected chi connectivity index (χ3v) is 11.2. The lowest BCUT2D eigenvalue weighted by Crippen LogP contribution is -2.10. The topological polar surface area (TPSA) is 16.4 Å². The van der Waals surface area contributed by atoms with Crippen molar-refractivity contribution in [1.29, 1.82) is 0 Å². The number of nitrogens with zero attached hydrogens (tertiary/aromatic N) is 1. The van der Waals surface area contributed by atoms with Crippen LogP contribution in [0.15, 0.2) is 229 Å². The van der Waals surface area contributed by atoms with Crippen LogP contribution in [-0.2, 0) is 0 Å². The Morgan fingerprint density at radius 1 is 0.362 bits per heavy atom. The van der Waals surface area contributed by atoms with Crippen LogP contribution in [0.4, 0.5) is 17.1 Å². The number of furan rings is 1. The molecule has 1 aromatic heterocycles. The van der Waals surface area contributed by atoms with E-state index in [4.69, 9.17) is 11.3 Å². The lowest BCUT2D eigenvalue weighted by atomic mass is 9.96. The summed E-state index contributed by atoms with van der Waals surface area (Å²) in [6, 6.07) is 65.3. The Morgan fingerprint density at radius 3 is 1.45 bits per heavy atom. The molecule has 11 aromatic rings. The van der Waals surface area contributed by atoms with Crippen molar-refractivity contribution in [2.24, 2.45) is 0 Å². The summed E-state index contributed by atoms with van der Waals surface area (Å²) in [5, 5.41) is 6.41. The van der Waals surface area contributed by atoms with Crippen LogP contribution in [0.3, 0.4) is 0 Å². The highest BCUT2D eigenvalue weighted by Gasteiger charge is 2.22. The van der Waals surface area contributed by atoms with Gasteiger partial charge < -0.3 is 9.32 Å². The minimum atomic E-state index is -0.437. The molecule has 0 unspecified atom stereocenters. The highest BCUT2D eigenvalue weighted by Crippen LogP contribution is 2.46. The van der Waals surface area contributed by atoms with Crippen molar-refractivity contribution in [2.45, 2.75) is 0 Å². The first kappa shape index (κ1) is 28.7. The molecule has 11 rings (SSSR count). The van der Waals surface area contributed by atoms with Crippen molar-refractivity contribution in [1.82, 2.24) is 0 Å². The minimum Gasteiger partial charge on any atom is -0.455 e.